The van der Waals surface area contributed by atoms with E-state index in [-0.39, 0.29) is 5.82 Å². The fourth-order valence-electron chi connectivity index (χ4n) is 6.61. The van der Waals surface area contributed by atoms with E-state index in [1.165, 1.54) is 101 Å². The molecule has 4 rings (SSSR count). The van der Waals surface area contributed by atoms with E-state index >= 15 is 4.39 Å². The maximum atomic E-state index is 15.1. The molecule has 0 aromatic heterocycles. The number of hydrogen-bond acceptors (Lipinski definition) is 0. The Morgan fingerprint density at radius 3 is 1.79 bits per heavy atom. The first-order valence-corrected chi connectivity index (χ1v) is 14.1. The van der Waals surface area contributed by atoms with Gasteiger partial charge in [-0.05, 0) is 97.8 Å². The summed E-state index contributed by atoms with van der Waals surface area (Å²) < 4.78 is 15.1. The molecular weight excluding hydrogens is 403 g/mol. The molecule has 2 fully saturated rings. The highest BCUT2D eigenvalue weighted by molar-refractivity contribution is 5.65. The van der Waals surface area contributed by atoms with E-state index in [2.05, 4.69) is 44.2 Å². The average molecular weight is 449 g/mol. The molecule has 0 spiro atoms. The largest absolute Gasteiger partial charge is 0.206 e. The zero-order chi connectivity index (χ0) is 23.0. The Hall–Kier alpha value is -1.63. The van der Waals surface area contributed by atoms with Gasteiger partial charge in [0.2, 0.25) is 0 Å². The highest BCUT2D eigenvalue weighted by atomic mass is 19.1. The van der Waals surface area contributed by atoms with Gasteiger partial charge in [0, 0.05) is 5.56 Å². The normalized spacial score (nSPS) is 25.8. The summed E-state index contributed by atoms with van der Waals surface area (Å²) in [6, 6.07) is 14.9. The maximum Gasteiger partial charge on any atom is 0.131 e. The number of hydrogen-bond donors (Lipinski definition) is 0. The average Bonchev–Trinajstić information content (AvgIpc) is 2.85. The van der Waals surface area contributed by atoms with Crippen LogP contribution in [0.2, 0.25) is 0 Å². The topological polar surface area (TPSA) is 0 Å². The zero-order valence-electron chi connectivity index (χ0n) is 21.1. The van der Waals surface area contributed by atoms with Crippen molar-refractivity contribution in [2.24, 2.45) is 11.8 Å². The summed E-state index contributed by atoms with van der Waals surface area (Å²) in [7, 11) is 0. The molecule has 0 aliphatic heterocycles. The Morgan fingerprint density at radius 2 is 1.21 bits per heavy atom. The second-order valence-electron chi connectivity index (χ2n) is 11.1. The Labute approximate surface area is 202 Å². The van der Waals surface area contributed by atoms with Crippen LogP contribution in [0.15, 0.2) is 42.5 Å². The van der Waals surface area contributed by atoms with Gasteiger partial charge in [-0.1, -0.05) is 88.8 Å². The van der Waals surface area contributed by atoms with Crippen molar-refractivity contribution in [2.45, 2.75) is 116 Å². The van der Waals surface area contributed by atoms with Gasteiger partial charge in [0.15, 0.2) is 0 Å². The molecule has 0 radical (unpaired) electrons. The van der Waals surface area contributed by atoms with Gasteiger partial charge in [-0.3, -0.25) is 0 Å². The van der Waals surface area contributed by atoms with Crippen LogP contribution < -0.4 is 0 Å². The molecule has 0 nitrogen and oxygen atoms in total. The molecule has 2 aliphatic rings. The third kappa shape index (κ3) is 6.49. The monoisotopic (exact) mass is 448 g/mol. The molecule has 2 aromatic rings. The van der Waals surface area contributed by atoms with E-state index in [1.807, 2.05) is 12.1 Å². The van der Waals surface area contributed by atoms with E-state index in [1.54, 1.807) is 0 Å². The van der Waals surface area contributed by atoms with Gasteiger partial charge in [0.05, 0.1) is 0 Å². The molecule has 0 saturated heterocycles. The van der Waals surface area contributed by atoms with E-state index in [9.17, 15) is 0 Å². The minimum absolute atomic E-state index is 0.0523. The molecule has 0 heterocycles. The van der Waals surface area contributed by atoms with Gasteiger partial charge in [0.25, 0.3) is 0 Å². The molecule has 0 bridgehead atoms. The summed E-state index contributed by atoms with van der Waals surface area (Å²) in [4.78, 5) is 0. The molecule has 0 unspecified atom stereocenters. The third-order valence-corrected chi connectivity index (χ3v) is 8.76. The molecule has 0 amide bonds. The van der Waals surface area contributed by atoms with Crippen molar-refractivity contribution in [3.63, 3.8) is 0 Å². The van der Waals surface area contributed by atoms with Crippen LogP contribution in [0.4, 0.5) is 4.39 Å². The molecule has 2 saturated carbocycles. The van der Waals surface area contributed by atoms with Crippen LogP contribution in [0, 0.1) is 17.7 Å². The van der Waals surface area contributed by atoms with Crippen molar-refractivity contribution in [1.29, 1.82) is 0 Å². The summed E-state index contributed by atoms with van der Waals surface area (Å²) in [6.07, 6.45) is 18.7. The predicted molar refractivity (Wildman–Crippen MR) is 140 cm³/mol. The summed E-state index contributed by atoms with van der Waals surface area (Å²) in [6.45, 7) is 4.58. The van der Waals surface area contributed by atoms with Crippen LogP contribution in [0.5, 0.6) is 0 Å². The van der Waals surface area contributed by atoms with Gasteiger partial charge in [-0.15, -0.1) is 0 Å². The molecule has 0 atom stereocenters. The molecule has 180 valence electrons. The van der Waals surface area contributed by atoms with Crippen LogP contribution in [0.25, 0.3) is 11.1 Å². The molecule has 0 N–H and O–H groups in total. The minimum Gasteiger partial charge on any atom is -0.206 e. The van der Waals surface area contributed by atoms with Gasteiger partial charge >= 0.3 is 0 Å². The lowest BCUT2D eigenvalue weighted by Crippen LogP contribution is -2.13. The lowest BCUT2D eigenvalue weighted by Gasteiger charge is -2.29. The lowest BCUT2D eigenvalue weighted by atomic mass is 9.76. The van der Waals surface area contributed by atoms with Crippen LogP contribution in [-0.2, 0) is 0 Å². The first-order valence-electron chi connectivity index (χ1n) is 14.1. The smallest absolute Gasteiger partial charge is 0.131 e. The molecule has 1 heteroatoms. The van der Waals surface area contributed by atoms with Crippen LogP contribution >= 0.6 is 0 Å². The number of unbranched alkanes of at least 4 members (excludes halogenated alkanes) is 2. The third-order valence-electron chi connectivity index (χ3n) is 8.76. The van der Waals surface area contributed by atoms with Gasteiger partial charge in [-0.25, -0.2) is 4.39 Å². The van der Waals surface area contributed by atoms with Crippen molar-refractivity contribution in [2.75, 3.05) is 0 Å². The summed E-state index contributed by atoms with van der Waals surface area (Å²) >= 11 is 0. The van der Waals surface area contributed by atoms with Crippen molar-refractivity contribution in [1.82, 2.24) is 0 Å². The SMILES string of the molecule is CCCCC[C@H]1CC[C@H](c2ccc(-c3ccc([C@H]4CC[C@H](CCC)CC4)cc3F)cc2)CC1. The first kappa shape index (κ1) is 24.5. The van der Waals surface area contributed by atoms with Gasteiger partial charge < -0.3 is 0 Å². The van der Waals surface area contributed by atoms with Crippen molar-refractivity contribution in [3.8, 4) is 11.1 Å². The fourth-order valence-corrected chi connectivity index (χ4v) is 6.61. The van der Waals surface area contributed by atoms with Crippen molar-refractivity contribution in [3.05, 3.63) is 59.4 Å². The number of rotatable bonds is 9. The second-order valence-corrected chi connectivity index (χ2v) is 11.1. The summed E-state index contributed by atoms with van der Waals surface area (Å²) in [5, 5.41) is 0. The van der Waals surface area contributed by atoms with Crippen molar-refractivity contribution >= 4 is 0 Å². The number of benzene rings is 2. The fraction of sp³-hybridized carbons (Fsp3) is 0.625. The summed E-state index contributed by atoms with van der Waals surface area (Å²) in [5.41, 5.74) is 4.43. The molecule has 2 aliphatic carbocycles. The maximum absolute atomic E-state index is 15.1. The van der Waals surface area contributed by atoms with Crippen LogP contribution in [0.1, 0.15) is 127 Å². The Kier molecular flexibility index (Phi) is 9.04. The minimum atomic E-state index is -0.0523. The second kappa shape index (κ2) is 12.2. The van der Waals surface area contributed by atoms with E-state index < -0.39 is 0 Å². The van der Waals surface area contributed by atoms with E-state index in [0.29, 0.717) is 11.8 Å². The van der Waals surface area contributed by atoms with E-state index in [0.717, 1.165) is 23.0 Å². The Balaban J connectivity index is 1.33. The predicted octanol–water partition coefficient (Wildman–Crippen LogP) is 10.4. The van der Waals surface area contributed by atoms with Crippen LogP contribution in [-0.4, -0.2) is 0 Å². The highest BCUT2D eigenvalue weighted by Gasteiger charge is 2.24. The van der Waals surface area contributed by atoms with Gasteiger partial charge in [0.1, 0.15) is 5.82 Å². The summed E-state index contributed by atoms with van der Waals surface area (Å²) in [5.74, 6) is 3.02. The molecule has 2 aromatic carbocycles. The van der Waals surface area contributed by atoms with E-state index in [4.69, 9.17) is 0 Å². The number of halogens is 1. The Morgan fingerprint density at radius 1 is 0.636 bits per heavy atom. The molecular formula is C32H45F. The van der Waals surface area contributed by atoms with Crippen molar-refractivity contribution < 1.29 is 4.39 Å². The molecule has 33 heavy (non-hydrogen) atoms. The van der Waals surface area contributed by atoms with Crippen LogP contribution in [0.3, 0.4) is 0 Å². The lowest BCUT2D eigenvalue weighted by molar-refractivity contribution is 0.303. The quantitative estimate of drug-likeness (QED) is 0.335. The van der Waals surface area contributed by atoms with Gasteiger partial charge in [-0.2, -0.15) is 0 Å². The standard InChI is InChI=1S/C32H45F/c1-3-5-6-8-25-11-13-26(14-12-25)27-17-19-29(20-18-27)31-22-21-30(23-32(31)33)28-15-9-24(7-4-2)10-16-28/h17-26,28H,3-16H2,1-2H3/t24-,25-,26-,28-. The Bertz CT molecular complexity index is 835. The first-order chi connectivity index (χ1) is 16.2. The highest BCUT2D eigenvalue weighted by Crippen LogP contribution is 2.40. The zero-order valence-corrected chi connectivity index (χ0v) is 21.1.